The van der Waals surface area contributed by atoms with Crippen LogP contribution >= 0.6 is 11.3 Å². The Bertz CT molecular complexity index is 506. The van der Waals surface area contributed by atoms with Crippen LogP contribution < -0.4 is 10.6 Å². The number of amides is 1. The zero-order valence-electron chi connectivity index (χ0n) is 13.9. The summed E-state index contributed by atoms with van der Waals surface area (Å²) < 4.78 is 4.96. The highest BCUT2D eigenvalue weighted by Crippen LogP contribution is 2.16. The molecule has 0 saturated heterocycles. The number of esters is 1. The van der Waals surface area contributed by atoms with Crippen LogP contribution in [0.3, 0.4) is 0 Å². The first-order valence-electron chi connectivity index (χ1n) is 7.35. The fraction of sp³-hybridized carbons (Fsp3) is 0.667. The van der Waals surface area contributed by atoms with Gasteiger partial charge in [0.25, 0.3) is 5.91 Å². The Morgan fingerprint density at radius 1 is 1.36 bits per heavy atom. The first-order valence-corrected chi connectivity index (χ1v) is 8.23. The SMILES string of the molecule is CC(C)CCNc1nc(C(=O)OCC(=O)NC(C)(C)C)cs1. The molecule has 0 aliphatic carbocycles. The highest BCUT2D eigenvalue weighted by atomic mass is 32.1. The minimum Gasteiger partial charge on any atom is -0.451 e. The number of ether oxygens (including phenoxy) is 1. The van der Waals surface area contributed by atoms with Crippen molar-refractivity contribution in [3.8, 4) is 0 Å². The van der Waals surface area contributed by atoms with Gasteiger partial charge in [0.2, 0.25) is 0 Å². The molecule has 0 aliphatic rings. The number of thiazole rings is 1. The zero-order valence-corrected chi connectivity index (χ0v) is 14.7. The maximum Gasteiger partial charge on any atom is 0.358 e. The number of nitrogens with zero attached hydrogens (tertiary/aromatic N) is 1. The molecule has 7 heteroatoms. The first-order chi connectivity index (χ1) is 10.2. The molecule has 0 radical (unpaired) electrons. The second-order valence-electron chi connectivity index (χ2n) is 6.52. The van der Waals surface area contributed by atoms with Crippen LogP contribution in [0.15, 0.2) is 5.38 Å². The number of hydrogen-bond donors (Lipinski definition) is 2. The van der Waals surface area contributed by atoms with Crippen molar-refractivity contribution < 1.29 is 14.3 Å². The van der Waals surface area contributed by atoms with Crippen LogP contribution in [-0.2, 0) is 9.53 Å². The number of rotatable bonds is 7. The second kappa shape index (κ2) is 8.12. The topological polar surface area (TPSA) is 80.3 Å². The van der Waals surface area contributed by atoms with Crippen LogP contribution in [0.5, 0.6) is 0 Å². The molecular weight excluding hydrogens is 302 g/mol. The number of nitrogens with one attached hydrogen (secondary N) is 2. The van der Waals surface area contributed by atoms with Gasteiger partial charge in [-0.2, -0.15) is 0 Å². The Morgan fingerprint density at radius 2 is 2.05 bits per heavy atom. The maximum absolute atomic E-state index is 11.8. The smallest absolute Gasteiger partial charge is 0.358 e. The van der Waals surface area contributed by atoms with Crippen LogP contribution in [0.2, 0.25) is 0 Å². The van der Waals surface area contributed by atoms with Crippen molar-refractivity contribution in [2.24, 2.45) is 5.92 Å². The molecule has 124 valence electrons. The van der Waals surface area contributed by atoms with Gasteiger partial charge in [-0.05, 0) is 33.1 Å². The predicted octanol–water partition coefficient (Wildman–Crippen LogP) is 2.67. The summed E-state index contributed by atoms with van der Waals surface area (Å²) in [6, 6.07) is 0. The van der Waals surface area contributed by atoms with Gasteiger partial charge in [0, 0.05) is 17.5 Å². The molecule has 0 aliphatic heterocycles. The van der Waals surface area contributed by atoms with Crippen molar-refractivity contribution in [1.82, 2.24) is 10.3 Å². The Kier molecular flexibility index (Phi) is 6.80. The highest BCUT2D eigenvalue weighted by Gasteiger charge is 2.17. The molecule has 1 rings (SSSR count). The third kappa shape index (κ3) is 7.40. The molecule has 0 aromatic carbocycles. The number of hydrogen-bond acceptors (Lipinski definition) is 6. The minimum absolute atomic E-state index is 0.223. The van der Waals surface area contributed by atoms with Gasteiger partial charge in [-0.25, -0.2) is 9.78 Å². The first kappa shape index (κ1) is 18.4. The molecule has 0 bridgehead atoms. The molecule has 1 aromatic rings. The lowest BCUT2D eigenvalue weighted by Crippen LogP contribution is -2.42. The van der Waals surface area contributed by atoms with Gasteiger partial charge in [-0.15, -0.1) is 11.3 Å². The van der Waals surface area contributed by atoms with Crippen LogP contribution in [0.4, 0.5) is 5.13 Å². The van der Waals surface area contributed by atoms with Gasteiger partial charge < -0.3 is 15.4 Å². The Hall–Kier alpha value is -1.63. The van der Waals surface area contributed by atoms with E-state index in [0.717, 1.165) is 13.0 Å². The molecule has 1 amide bonds. The van der Waals surface area contributed by atoms with Crippen LogP contribution in [-0.4, -0.2) is 35.6 Å². The van der Waals surface area contributed by atoms with Crippen molar-refractivity contribution in [2.45, 2.75) is 46.6 Å². The van der Waals surface area contributed by atoms with E-state index in [9.17, 15) is 9.59 Å². The minimum atomic E-state index is -0.586. The van der Waals surface area contributed by atoms with E-state index >= 15 is 0 Å². The molecule has 0 spiro atoms. The van der Waals surface area contributed by atoms with Gasteiger partial charge in [-0.3, -0.25) is 4.79 Å². The van der Waals surface area contributed by atoms with E-state index in [1.165, 1.54) is 11.3 Å². The van der Waals surface area contributed by atoms with Gasteiger partial charge >= 0.3 is 5.97 Å². The van der Waals surface area contributed by atoms with E-state index in [1.54, 1.807) is 5.38 Å². The van der Waals surface area contributed by atoms with Gasteiger partial charge in [-0.1, -0.05) is 13.8 Å². The Balaban J connectivity index is 2.40. The summed E-state index contributed by atoms with van der Waals surface area (Å²) in [6.07, 6.45) is 1.03. The summed E-state index contributed by atoms with van der Waals surface area (Å²) in [6.45, 7) is 10.4. The third-order valence-electron chi connectivity index (χ3n) is 2.56. The van der Waals surface area contributed by atoms with Crippen LogP contribution in [0.1, 0.15) is 51.5 Å². The zero-order chi connectivity index (χ0) is 16.8. The van der Waals surface area contributed by atoms with Crippen LogP contribution in [0, 0.1) is 5.92 Å². The lowest BCUT2D eigenvalue weighted by atomic mass is 10.1. The van der Waals surface area contributed by atoms with Crippen LogP contribution in [0.25, 0.3) is 0 Å². The van der Waals surface area contributed by atoms with Crippen molar-refractivity contribution >= 4 is 28.3 Å². The third-order valence-corrected chi connectivity index (χ3v) is 3.36. The lowest BCUT2D eigenvalue weighted by Gasteiger charge is -2.20. The number of anilines is 1. The summed E-state index contributed by atoms with van der Waals surface area (Å²) in [5.41, 5.74) is -0.127. The fourth-order valence-corrected chi connectivity index (χ4v) is 2.28. The molecule has 2 N–H and O–H groups in total. The second-order valence-corrected chi connectivity index (χ2v) is 7.38. The van der Waals surface area contributed by atoms with Gasteiger partial charge in [0.05, 0.1) is 0 Å². The van der Waals surface area contributed by atoms with Crippen molar-refractivity contribution in [1.29, 1.82) is 0 Å². The van der Waals surface area contributed by atoms with E-state index in [4.69, 9.17) is 4.74 Å². The van der Waals surface area contributed by atoms with Crippen molar-refractivity contribution in [3.63, 3.8) is 0 Å². The van der Waals surface area contributed by atoms with E-state index in [-0.39, 0.29) is 23.7 Å². The number of carbonyl (C=O) groups excluding carboxylic acids is 2. The molecule has 0 fully saturated rings. The summed E-state index contributed by atoms with van der Waals surface area (Å²) in [5.74, 6) is -0.304. The highest BCUT2D eigenvalue weighted by molar-refractivity contribution is 7.13. The molecule has 0 unspecified atom stereocenters. The van der Waals surface area contributed by atoms with Crippen molar-refractivity contribution in [2.75, 3.05) is 18.5 Å². The van der Waals surface area contributed by atoms with E-state index < -0.39 is 5.97 Å². The lowest BCUT2D eigenvalue weighted by molar-refractivity contribution is -0.125. The molecule has 22 heavy (non-hydrogen) atoms. The quantitative estimate of drug-likeness (QED) is 0.753. The van der Waals surface area contributed by atoms with Crippen molar-refractivity contribution in [3.05, 3.63) is 11.1 Å². The average Bonchev–Trinajstić information content (AvgIpc) is 2.82. The summed E-state index contributed by atoms with van der Waals surface area (Å²) in [5, 5.41) is 8.20. The fourth-order valence-electron chi connectivity index (χ4n) is 1.58. The monoisotopic (exact) mass is 327 g/mol. The molecule has 0 saturated carbocycles. The number of aromatic nitrogens is 1. The summed E-state index contributed by atoms with van der Waals surface area (Å²) in [7, 11) is 0. The largest absolute Gasteiger partial charge is 0.451 e. The summed E-state index contributed by atoms with van der Waals surface area (Å²) in [4.78, 5) is 27.6. The van der Waals surface area contributed by atoms with E-state index in [2.05, 4.69) is 29.5 Å². The average molecular weight is 327 g/mol. The van der Waals surface area contributed by atoms with Gasteiger partial charge in [0.15, 0.2) is 17.4 Å². The summed E-state index contributed by atoms with van der Waals surface area (Å²) >= 11 is 1.35. The maximum atomic E-state index is 11.8. The Morgan fingerprint density at radius 3 is 2.64 bits per heavy atom. The Labute approximate surface area is 135 Å². The standard InChI is InChI=1S/C15H25N3O3S/c1-10(2)6-7-16-14-17-11(9-22-14)13(20)21-8-12(19)18-15(3,4)5/h9-10H,6-8H2,1-5H3,(H,16,17)(H,18,19). The van der Waals surface area contributed by atoms with E-state index in [1.807, 2.05) is 20.8 Å². The molecule has 1 heterocycles. The molecular formula is C15H25N3O3S. The predicted molar refractivity (Wildman–Crippen MR) is 88.2 cm³/mol. The number of carbonyl (C=O) groups is 2. The molecule has 1 aromatic heterocycles. The van der Waals surface area contributed by atoms with E-state index in [0.29, 0.717) is 11.0 Å². The molecule has 6 nitrogen and oxygen atoms in total. The molecule has 0 atom stereocenters. The van der Waals surface area contributed by atoms with Gasteiger partial charge in [0.1, 0.15) is 0 Å². The normalized spacial score (nSPS) is 11.4.